The minimum atomic E-state index is -1.13. The Balaban J connectivity index is 2.97. The van der Waals surface area contributed by atoms with Gasteiger partial charge in [0.15, 0.2) is 0 Å². The molecule has 0 spiro atoms. The van der Waals surface area contributed by atoms with E-state index in [1.165, 1.54) is 0 Å². The van der Waals surface area contributed by atoms with Gasteiger partial charge in [-0.25, -0.2) is 9.78 Å². The standard InChI is InChI=1S/C8H10ClNO3/c1-4(2)3-5-6(7(11)12)13-8(9)10-5/h4H,3H2,1-2H3,(H,11,12). The molecule has 0 aliphatic carbocycles. The number of hydrogen-bond acceptors (Lipinski definition) is 3. The third-order valence-electron chi connectivity index (χ3n) is 1.47. The van der Waals surface area contributed by atoms with Crippen molar-refractivity contribution in [2.45, 2.75) is 20.3 Å². The first kappa shape index (κ1) is 10.1. The average molecular weight is 204 g/mol. The van der Waals surface area contributed by atoms with Crippen LogP contribution in [0.4, 0.5) is 0 Å². The highest BCUT2D eigenvalue weighted by Crippen LogP contribution is 2.18. The maximum absolute atomic E-state index is 10.6. The quantitative estimate of drug-likeness (QED) is 0.818. The summed E-state index contributed by atoms with van der Waals surface area (Å²) in [5, 5.41) is 8.58. The monoisotopic (exact) mass is 203 g/mol. The van der Waals surface area contributed by atoms with E-state index in [1.54, 1.807) is 0 Å². The average Bonchev–Trinajstić information content (AvgIpc) is 2.29. The van der Waals surface area contributed by atoms with Crippen LogP contribution in [0.15, 0.2) is 4.42 Å². The molecule has 1 N–H and O–H groups in total. The van der Waals surface area contributed by atoms with Crippen molar-refractivity contribution >= 4 is 17.6 Å². The summed E-state index contributed by atoms with van der Waals surface area (Å²) in [5.41, 5.74) is 0.410. The molecule has 0 fully saturated rings. The number of nitrogens with zero attached hydrogens (tertiary/aromatic N) is 1. The van der Waals surface area contributed by atoms with Gasteiger partial charge in [0.2, 0.25) is 5.76 Å². The van der Waals surface area contributed by atoms with Crippen LogP contribution in [0, 0.1) is 5.92 Å². The Morgan fingerprint density at radius 1 is 1.69 bits per heavy atom. The van der Waals surface area contributed by atoms with Crippen molar-refractivity contribution in [1.29, 1.82) is 0 Å². The van der Waals surface area contributed by atoms with Crippen LogP contribution in [0.3, 0.4) is 0 Å². The first-order valence-corrected chi connectivity index (χ1v) is 4.27. The van der Waals surface area contributed by atoms with Gasteiger partial charge in [-0.15, -0.1) is 0 Å². The van der Waals surface area contributed by atoms with E-state index >= 15 is 0 Å². The maximum atomic E-state index is 10.6. The summed E-state index contributed by atoms with van der Waals surface area (Å²) in [4.78, 5) is 14.4. The zero-order chi connectivity index (χ0) is 10.0. The van der Waals surface area contributed by atoms with Crippen molar-refractivity contribution in [3.05, 3.63) is 16.8 Å². The van der Waals surface area contributed by atoms with Gasteiger partial charge in [-0.1, -0.05) is 13.8 Å². The van der Waals surface area contributed by atoms with E-state index in [0.29, 0.717) is 18.0 Å². The zero-order valence-electron chi connectivity index (χ0n) is 7.37. The molecule has 4 nitrogen and oxygen atoms in total. The molecule has 72 valence electrons. The molecule has 0 aliphatic rings. The number of rotatable bonds is 3. The molecular weight excluding hydrogens is 194 g/mol. The van der Waals surface area contributed by atoms with Crippen molar-refractivity contribution in [2.24, 2.45) is 5.92 Å². The van der Waals surface area contributed by atoms with Gasteiger partial charge in [-0.2, -0.15) is 0 Å². The molecule has 1 aromatic heterocycles. The van der Waals surface area contributed by atoms with Crippen LogP contribution >= 0.6 is 11.6 Å². The Hall–Kier alpha value is -1.03. The van der Waals surface area contributed by atoms with E-state index in [4.69, 9.17) is 21.1 Å². The molecule has 0 saturated heterocycles. The smallest absolute Gasteiger partial charge is 0.373 e. The van der Waals surface area contributed by atoms with Crippen molar-refractivity contribution in [3.63, 3.8) is 0 Å². The largest absolute Gasteiger partial charge is 0.475 e. The van der Waals surface area contributed by atoms with Crippen LogP contribution in [0.25, 0.3) is 0 Å². The first-order chi connectivity index (χ1) is 6.00. The lowest BCUT2D eigenvalue weighted by molar-refractivity contribution is 0.0660. The highest BCUT2D eigenvalue weighted by molar-refractivity contribution is 6.27. The van der Waals surface area contributed by atoms with Crippen molar-refractivity contribution in [2.75, 3.05) is 0 Å². The van der Waals surface area contributed by atoms with Crippen molar-refractivity contribution < 1.29 is 14.3 Å². The van der Waals surface area contributed by atoms with E-state index in [0.717, 1.165) is 0 Å². The number of carboxylic acids is 1. The minimum absolute atomic E-state index is 0.118. The predicted molar refractivity (Wildman–Crippen MR) is 47.0 cm³/mol. The highest BCUT2D eigenvalue weighted by Gasteiger charge is 2.19. The summed E-state index contributed by atoms with van der Waals surface area (Å²) in [6.45, 7) is 3.93. The van der Waals surface area contributed by atoms with E-state index in [9.17, 15) is 4.79 Å². The fourth-order valence-electron chi connectivity index (χ4n) is 1.01. The van der Waals surface area contributed by atoms with Crippen LogP contribution in [0.5, 0.6) is 0 Å². The Bertz CT molecular complexity index is 319. The molecule has 13 heavy (non-hydrogen) atoms. The lowest BCUT2D eigenvalue weighted by Gasteiger charge is -1.99. The summed E-state index contributed by atoms with van der Waals surface area (Å²) in [7, 11) is 0. The zero-order valence-corrected chi connectivity index (χ0v) is 8.13. The lowest BCUT2D eigenvalue weighted by atomic mass is 10.1. The highest BCUT2D eigenvalue weighted by atomic mass is 35.5. The molecule has 1 aromatic rings. The van der Waals surface area contributed by atoms with Gasteiger partial charge in [-0.05, 0) is 23.9 Å². The molecule has 0 saturated carbocycles. The second kappa shape index (κ2) is 3.79. The predicted octanol–water partition coefficient (Wildman–Crippen LogP) is 2.22. The van der Waals surface area contributed by atoms with Crippen LogP contribution < -0.4 is 0 Å². The van der Waals surface area contributed by atoms with Crippen LogP contribution in [-0.4, -0.2) is 16.1 Å². The van der Waals surface area contributed by atoms with Gasteiger partial charge in [0.25, 0.3) is 5.35 Å². The molecule has 0 bridgehead atoms. The minimum Gasteiger partial charge on any atom is -0.475 e. The second-order valence-electron chi connectivity index (χ2n) is 3.15. The SMILES string of the molecule is CC(C)Cc1nc(Cl)oc1C(=O)O. The summed E-state index contributed by atoms with van der Waals surface area (Å²) in [5.74, 6) is -0.965. The normalized spacial score (nSPS) is 10.8. The number of aromatic carboxylic acids is 1. The Morgan fingerprint density at radius 2 is 2.31 bits per heavy atom. The molecule has 0 aromatic carbocycles. The van der Waals surface area contributed by atoms with Crippen molar-refractivity contribution in [3.8, 4) is 0 Å². The molecule has 0 amide bonds. The first-order valence-electron chi connectivity index (χ1n) is 3.89. The molecule has 0 aliphatic heterocycles. The van der Waals surface area contributed by atoms with E-state index in [-0.39, 0.29) is 11.1 Å². The van der Waals surface area contributed by atoms with Crippen molar-refractivity contribution in [1.82, 2.24) is 4.98 Å². The fourth-order valence-corrected chi connectivity index (χ4v) is 1.19. The van der Waals surface area contributed by atoms with Gasteiger partial charge in [-0.3, -0.25) is 0 Å². The molecule has 1 heterocycles. The lowest BCUT2D eigenvalue weighted by Crippen LogP contribution is -2.03. The molecule has 5 heteroatoms. The van der Waals surface area contributed by atoms with Gasteiger partial charge in [0.1, 0.15) is 0 Å². The third-order valence-corrected chi connectivity index (χ3v) is 1.63. The molecule has 1 rings (SSSR count). The number of hydrogen-bond donors (Lipinski definition) is 1. The summed E-state index contributed by atoms with van der Waals surface area (Å²) < 4.78 is 4.73. The summed E-state index contributed by atoms with van der Waals surface area (Å²) in [6, 6.07) is 0. The number of aromatic nitrogens is 1. The molecule has 0 radical (unpaired) electrons. The topological polar surface area (TPSA) is 63.3 Å². The Kier molecular flexibility index (Phi) is 2.93. The van der Waals surface area contributed by atoms with Gasteiger partial charge >= 0.3 is 5.97 Å². The van der Waals surface area contributed by atoms with Crippen LogP contribution in [0.1, 0.15) is 30.1 Å². The Labute approximate surface area is 80.5 Å². The fraction of sp³-hybridized carbons (Fsp3) is 0.500. The number of carbonyl (C=O) groups is 1. The van der Waals surface area contributed by atoms with Gasteiger partial charge in [0, 0.05) is 0 Å². The van der Waals surface area contributed by atoms with Gasteiger partial charge < -0.3 is 9.52 Å². The van der Waals surface area contributed by atoms with Crippen LogP contribution in [0.2, 0.25) is 5.35 Å². The summed E-state index contributed by atoms with van der Waals surface area (Å²) in [6.07, 6.45) is 0.553. The molecule has 0 unspecified atom stereocenters. The number of carboxylic acid groups (broad SMARTS) is 1. The molecule has 0 atom stereocenters. The number of oxazole rings is 1. The molecular formula is C8H10ClNO3. The van der Waals surface area contributed by atoms with Crippen LogP contribution in [-0.2, 0) is 6.42 Å². The second-order valence-corrected chi connectivity index (χ2v) is 3.47. The van der Waals surface area contributed by atoms with Gasteiger partial charge in [0.05, 0.1) is 5.69 Å². The number of halogens is 1. The third kappa shape index (κ3) is 2.45. The Morgan fingerprint density at radius 3 is 2.77 bits per heavy atom. The van der Waals surface area contributed by atoms with E-state index in [2.05, 4.69) is 4.98 Å². The van der Waals surface area contributed by atoms with E-state index in [1.807, 2.05) is 13.8 Å². The maximum Gasteiger partial charge on any atom is 0.373 e. The van der Waals surface area contributed by atoms with E-state index < -0.39 is 5.97 Å². The summed E-state index contributed by atoms with van der Waals surface area (Å²) >= 11 is 5.45.